The predicted octanol–water partition coefficient (Wildman–Crippen LogP) is 1.02. The van der Waals surface area contributed by atoms with Crippen molar-refractivity contribution in [2.75, 3.05) is 32.9 Å². The zero-order valence-electron chi connectivity index (χ0n) is 9.60. The summed E-state index contributed by atoms with van der Waals surface area (Å²) in [5, 5.41) is 12.3. The van der Waals surface area contributed by atoms with E-state index in [2.05, 4.69) is 26.1 Å². The van der Waals surface area contributed by atoms with E-state index in [1.54, 1.807) is 0 Å². The Morgan fingerprint density at radius 1 is 1.43 bits per heavy atom. The average molecular weight is 201 g/mol. The summed E-state index contributed by atoms with van der Waals surface area (Å²) in [6.07, 6.45) is 0.854. The summed E-state index contributed by atoms with van der Waals surface area (Å²) in [7, 11) is 0. The average Bonchev–Trinajstić information content (AvgIpc) is 2.00. The van der Waals surface area contributed by atoms with Gasteiger partial charge < -0.3 is 15.2 Å². The van der Waals surface area contributed by atoms with Gasteiger partial charge in [0.2, 0.25) is 0 Å². The third-order valence-corrected chi connectivity index (χ3v) is 2.84. The molecule has 0 aromatic heterocycles. The van der Waals surface area contributed by atoms with Gasteiger partial charge in [-0.15, -0.1) is 0 Å². The number of aliphatic hydroxyl groups is 1. The Morgan fingerprint density at radius 2 is 2.07 bits per heavy atom. The normalized spacial score (nSPS) is 20.6. The van der Waals surface area contributed by atoms with E-state index in [9.17, 15) is 0 Å². The van der Waals surface area contributed by atoms with Gasteiger partial charge in [0.05, 0.1) is 13.2 Å². The van der Waals surface area contributed by atoms with Crippen molar-refractivity contribution in [1.29, 1.82) is 0 Å². The lowest BCUT2D eigenvalue weighted by Gasteiger charge is -2.39. The first-order valence-corrected chi connectivity index (χ1v) is 5.37. The highest BCUT2D eigenvalue weighted by Crippen LogP contribution is 2.26. The van der Waals surface area contributed by atoms with Gasteiger partial charge in [-0.3, -0.25) is 0 Å². The lowest BCUT2D eigenvalue weighted by Crippen LogP contribution is -2.48. The van der Waals surface area contributed by atoms with E-state index in [1.165, 1.54) is 0 Å². The van der Waals surface area contributed by atoms with Crippen LogP contribution in [0.3, 0.4) is 0 Å². The zero-order valence-corrected chi connectivity index (χ0v) is 9.60. The summed E-state index contributed by atoms with van der Waals surface area (Å²) >= 11 is 0. The smallest absolute Gasteiger partial charge is 0.0554 e. The number of nitrogens with one attached hydrogen (secondary N) is 1. The molecule has 0 atom stereocenters. The lowest BCUT2D eigenvalue weighted by atomic mass is 9.86. The van der Waals surface area contributed by atoms with E-state index < -0.39 is 0 Å². The largest absolute Gasteiger partial charge is 0.396 e. The summed E-state index contributed by atoms with van der Waals surface area (Å²) < 4.78 is 5.19. The molecule has 0 unspecified atom stereocenters. The van der Waals surface area contributed by atoms with Crippen LogP contribution in [0.4, 0.5) is 0 Å². The van der Waals surface area contributed by atoms with Crippen molar-refractivity contribution in [3.05, 3.63) is 0 Å². The van der Waals surface area contributed by atoms with E-state index in [4.69, 9.17) is 9.84 Å². The molecule has 1 fully saturated rings. The van der Waals surface area contributed by atoms with Gasteiger partial charge in [-0.05, 0) is 11.8 Å². The Labute approximate surface area is 86.8 Å². The van der Waals surface area contributed by atoms with E-state index in [0.29, 0.717) is 5.41 Å². The first kappa shape index (κ1) is 12.0. The van der Waals surface area contributed by atoms with Crippen LogP contribution in [0.1, 0.15) is 27.2 Å². The van der Waals surface area contributed by atoms with Crippen molar-refractivity contribution in [2.24, 2.45) is 10.8 Å². The predicted molar refractivity (Wildman–Crippen MR) is 57.3 cm³/mol. The molecule has 0 bridgehead atoms. The van der Waals surface area contributed by atoms with Gasteiger partial charge in [-0.25, -0.2) is 0 Å². The highest BCUT2D eigenvalue weighted by atomic mass is 16.5. The van der Waals surface area contributed by atoms with Gasteiger partial charge in [-0.2, -0.15) is 0 Å². The van der Waals surface area contributed by atoms with Gasteiger partial charge >= 0.3 is 0 Å². The maximum atomic E-state index is 8.87. The monoisotopic (exact) mass is 201 g/mol. The summed E-state index contributed by atoms with van der Waals surface area (Å²) in [6, 6.07) is 0. The maximum Gasteiger partial charge on any atom is 0.0554 e. The molecule has 3 nitrogen and oxygen atoms in total. The molecule has 1 aliphatic heterocycles. The van der Waals surface area contributed by atoms with Gasteiger partial charge in [0.1, 0.15) is 0 Å². The van der Waals surface area contributed by atoms with Crippen LogP contribution in [0.5, 0.6) is 0 Å². The molecular weight excluding hydrogens is 178 g/mol. The van der Waals surface area contributed by atoms with Crippen molar-refractivity contribution in [2.45, 2.75) is 27.2 Å². The molecule has 14 heavy (non-hydrogen) atoms. The molecule has 0 spiro atoms. The van der Waals surface area contributed by atoms with Crippen molar-refractivity contribution in [1.82, 2.24) is 5.32 Å². The molecule has 3 heteroatoms. The molecule has 1 saturated heterocycles. The van der Waals surface area contributed by atoms with Gasteiger partial charge in [0.25, 0.3) is 0 Å². The van der Waals surface area contributed by atoms with E-state index in [1.807, 2.05) is 0 Å². The molecule has 1 aliphatic rings. The van der Waals surface area contributed by atoms with Crippen LogP contribution in [-0.4, -0.2) is 38.0 Å². The van der Waals surface area contributed by atoms with Crippen LogP contribution in [0.15, 0.2) is 0 Å². The molecule has 0 radical (unpaired) electrons. The topological polar surface area (TPSA) is 41.5 Å². The standard InChI is InChI=1S/C11H23NO2/c1-10(2,4-5-13)6-12-7-11(3)8-14-9-11/h12-13H,4-9H2,1-3H3. The van der Waals surface area contributed by atoms with Crippen LogP contribution in [0.2, 0.25) is 0 Å². The van der Waals surface area contributed by atoms with E-state index in [0.717, 1.165) is 32.7 Å². The van der Waals surface area contributed by atoms with Crippen LogP contribution < -0.4 is 5.32 Å². The van der Waals surface area contributed by atoms with Crippen LogP contribution in [0.25, 0.3) is 0 Å². The fourth-order valence-corrected chi connectivity index (χ4v) is 1.65. The Balaban J connectivity index is 2.13. The minimum Gasteiger partial charge on any atom is -0.396 e. The number of aliphatic hydroxyl groups excluding tert-OH is 1. The second-order valence-corrected chi connectivity index (χ2v) is 5.54. The fraction of sp³-hybridized carbons (Fsp3) is 1.00. The minimum atomic E-state index is 0.190. The molecule has 0 aromatic rings. The summed E-state index contributed by atoms with van der Waals surface area (Å²) in [6.45, 7) is 10.6. The fourth-order valence-electron chi connectivity index (χ4n) is 1.65. The van der Waals surface area contributed by atoms with Crippen molar-refractivity contribution in [3.8, 4) is 0 Å². The molecule has 0 aromatic carbocycles. The molecule has 1 heterocycles. The van der Waals surface area contributed by atoms with Crippen LogP contribution in [0, 0.1) is 10.8 Å². The van der Waals surface area contributed by atoms with Crippen LogP contribution >= 0.6 is 0 Å². The quantitative estimate of drug-likeness (QED) is 0.674. The molecule has 0 amide bonds. The lowest BCUT2D eigenvalue weighted by molar-refractivity contribution is -0.0996. The highest BCUT2D eigenvalue weighted by Gasteiger charge is 2.33. The van der Waals surface area contributed by atoms with Gasteiger partial charge in [-0.1, -0.05) is 20.8 Å². The first-order valence-electron chi connectivity index (χ1n) is 5.37. The number of hydrogen-bond donors (Lipinski definition) is 2. The van der Waals surface area contributed by atoms with Crippen molar-refractivity contribution in [3.63, 3.8) is 0 Å². The Morgan fingerprint density at radius 3 is 2.50 bits per heavy atom. The summed E-state index contributed by atoms with van der Waals surface area (Å²) in [5.41, 5.74) is 0.533. The molecule has 0 saturated carbocycles. The number of ether oxygens (including phenoxy) is 1. The van der Waals surface area contributed by atoms with E-state index >= 15 is 0 Å². The number of hydrogen-bond acceptors (Lipinski definition) is 3. The van der Waals surface area contributed by atoms with E-state index in [-0.39, 0.29) is 12.0 Å². The van der Waals surface area contributed by atoms with Gasteiger partial charge in [0.15, 0.2) is 0 Å². The Kier molecular flexibility index (Phi) is 3.93. The Bertz CT molecular complexity index is 176. The third-order valence-electron chi connectivity index (χ3n) is 2.84. The Hall–Kier alpha value is -0.120. The maximum absolute atomic E-state index is 8.87. The van der Waals surface area contributed by atoms with Crippen molar-refractivity contribution >= 4 is 0 Å². The number of rotatable bonds is 6. The minimum absolute atomic E-state index is 0.190. The molecule has 84 valence electrons. The summed E-state index contributed by atoms with van der Waals surface area (Å²) in [5.74, 6) is 0. The van der Waals surface area contributed by atoms with Crippen molar-refractivity contribution < 1.29 is 9.84 Å². The highest BCUT2D eigenvalue weighted by molar-refractivity contribution is 4.84. The first-order chi connectivity index (χ1) is 6.47. The SMILES string of the molecule is CC(C)(CCO)CNCC1(C)COC1. The summed E-state index contributed by atoms with van der Waals surface area (Å²) in [4.78, 5) is 0. The molecule has 2 N–H and O–H groups in total. The molecule has 1 rings (SSSR count). The zero-order chi connectivity index (χ0) is 10.7. The van der Waals surface area contributed by atoms with Crippen LogP contribution in [-0.2, 0) is 4.74 Å². The third kappa shape index (κ3) is 3.56. The van der Waals surface area contributed by atoms with Gasteiger partial charge in [0, 0.05) is 25.1 Å². The second-order valence-electron chi connectivity index (χ2n) is 5.54. The molecular formula is C11H23NO2. The second kappa shape index (κ2) is 4.60. The molecule has 0 aliphatic carbocycles.